The van der Waals surface area contributed by atoms with Gasteiger partial charge in [0.05, 0.1) is 18.3 Å². The molecule has 0 saturated heterocycles. The Kier molecular flexibility index (Phi) is 14.7. The molecule has 0 aromatic carbocycles. The molecule has 4 N–H and O–H groups in total. The number of aliphatic hydroxyl groups is 3. The van der Waals surface area contributed by atoms with Crippen LogP contribution in [-0.4, -0.2) is 44.7 Å². The molecule has 142 valence electrons. The van der Waals surface area contributed by atoms with Gasteiger partial charge in [0.15, 0.2) is 0 Å². The third kappa shape index (κ3) is 15.6. The molecule has 0 radical (unpaired) electrons. The molecule has 0 spiro atoms. The summed E-state index contributed by atoms with van der Waals surface area (Å²) in [5, 5.41) is 37.6. The van der Waals surface area contributed by atoms with Crippen molar-refractivity contribution in [2.75, 3.05) is 0 Å². The van der Waals surface area contributed by atoms with Crippen LogP contribution < -0.4 is 0 Å². The zero-order chi connectivity index (χ0) is 18.9. The summed E-state index contributed by atoms with van der Waals surface area (Å²) in [7, 11) is 0. The first kappa shape index (κ1) is 23.3. The van der Waals surface area contributed by atoms with Crippen molar-refractivity contribution >= 4 is 5.97 Å². The monoisotopic (exact) mass is 352 g/mol. The number of allylic oxidation sites excluding steroid dienone is 6. The van der Waals surface area contributed by atoms with Crippen LogP contribution in [0.1, 0.15) is 51.9 Å². The Morgan fingerprint density at radius 3 is 2.04 bits per heavy atom. The van der Waals surface area contributed by atoms with Gasteiger partial charge in [0.2, 0.25) is 0 Å². The van der Waals surface area contributed by atoms with Crippen molar-refractivity contribution in [3.8, 4) is 0 Å². The van der Waals surface area contributed by atoms with Crippen LogP contribution in [0.25, 0.3) is 0 Å². The predicted octanol–water partition coefficient (Wildman–Crippen LogP) is 3.13. The molecule has 5 nitrogen and oxygen atoms in total. The van der Waals surface area contributed by atoms with Crippen molar-refractivity contribution in [2.45, 2.75) is 70.2 Å². The molecule has 0 fully saturated rings. The first-order chi connectivity index (χ1) is 12.0. The largest absolute Gasteiger partial charge is 0.481 e. The van der Waals surface area contributed by atoms with E-state index in [2.05, 4.69) is 6.92 Å². The number of unbranched alkanes of at least 4 members (excludes halogenated alkanes) is 2. The van der Waals surface area contributed by atoms with Gasteiger partial charge in [-0.25, -0.2) is 0 Å². The molecule has 0 aromatic rings. The fourth-order valence-corrected chi connectivity index (χ4v) is 2.09. The van der Waals surface area contributed by atoms with Gasteiger partial charge in [0, 0.05) is 6.42 Å². The number of hydrogen-bond acceptors (Lipinski definition) is 4. The highest BCUT2D eigenvalue weighted by atomic mass is 16.4. The van der Waals surface area contributed by atoms with Gasteiger partial charge in [0.1, 0.15) is 0 Å². The fraction of sp³-hybridized carbons (Fsp3) is 0.550. The smallest absolute Gasteiger partial charge is 0.303 e. The van der Waals surface area contributed by atoms with E-state index in [9.17, 15) is 20.1 Å². The van der Waals surface area contributed by atoms with Crippen molar-refractivity contribution in [1.82, 2.24) is 0 Å². The van der Waals surface area contributed by atoms with Gasteiger partial charge in [-0.05, 0) is 19.3 Å². The third-order valence-corrected chi connectivity index (χ3v) is 3.59. The lowest BCUT2D eigenvalue weighted by atomic mass is 10.1. The summed E-state index contributed by atoms with van der Waals surface area (Å²) in [6.45, 7) is 2.13. The van der Waals surface area contributed by atoms with Crippen molar-refractivity contribution < 1.29 is 25.2 Å². The Morgan fingerprint density at radius 1 is 0.840 bits per heavy atom. The molecule has 25 heavy (non-hydrogen) atoms. The van der Waals surface area contributed by atoms with Gasteiger partial charge >= 0.3 is 5.97 Å². The van der Waals surface area contributed by atoms with E-state index in [1.165, 1.54) is 6.08 Å². The van der Waals surface area contributed by atoms with Crippen molar-refractivity contribution in [3.63, 3.8) is 0 Å². The number of aliphatic hydroxyl groups excluding tert-OH is 3. The average molecular weight is 352 g/mol. The normalized spacial score (nSPS) is 16.3. The maximum absolute atomic E-state index is 10.4. The Balaban J connectivity index is 3.97. The molecule has 0 aliphatic heterocycles. The third-order valence-electron chi connectivity index (χ3n) is 3.59. The van der Waals surface area contributed by atoms with Crippen LogP contribution in [0, 0.1) is 0 Å². The van der Waals surface area contributed by atoms with Crippen LogP contribution in [0.5, 0.6) is 0 Å². The molecule has 0 bridgehead atoms. The van der Waals surface area contributed by atoms with Crippen LogP contribution in [0.3, 0.4) is 0 Å². The average Bonchev–Trinajstić information content (AvgIpc) is 2.56. The number of rotatable bonds is 14. The molecule has 0 heterocycles. The number of hydrogen-bond donors (Lipinski definition) is 4. The van der Waals surface area contributed by atoms with E-state index in [4.69, 9.17) is 5.11 Å². The molecule has 2 unspecified atom stereocenters. The van der Waals surface area contributed by atoms with E-state index in [1.807, 2.05) is 6.08 Å². The van der Waals surface area contributed by atoms with Gasteiger partial charge in [-0.3, -0.25) is 4.79 Å². The molecule has 0 aromatic heterocycles. The molecule has 0 aliphatic rings. The molecular weight excluding hydrogens is 320 g/mol. The van der Waals surface area contributed by atoms with Crippen molar-refractivity contribution in [2.24, 2.45) is 0 Å². The molecule has 5 heteroatoms. The second-order valence-corrected chi connectivity index (χ2v) is 5.95. The molecule has 0 aliphatic carbocycles. The Morgan fingerprint density at radius 2 is 1.44 bits per heavy atom. The summed E-state index contributed by atoms with van der Waals surface area (Å²) in [6, 6.07) is 0. The van der Waals surface area contributed by atoms with E-state index in [0.29, 0.717) is 6.42 Å². The van der Waals surface area contributed by atoms with Gasteiger partial charge in [0.25, 0.3) is 0 Å². The molecule has 0 rings (SSSR count). The lowest BCUT2D eigenvalue weighted by molar-refractivity contribution is -0.137. The van der Waals surface area contributed by atoms with E-state index in [0.717, 1.165) is 25.7 Å². The summed E-state index contributed by atoms with van der Waals surface area (Å²) >= 11 is 0. The van der Waals surface area contributed by atoms with E-state index in [1.54, 1.807) is 36.5 Å². The van der Waals surface area contributed by atoms with Crippen LogP contribution >= 0.6 is 0 Å². The molecule has 0 amide bonds. The molecule has 3 atom stereocenters. The number of carbonyl (C=O) groups is 1. The topological polar surface area (TPSA) is 98.0 Å². The summed E-state index contributed by atoms with van der Waals surface area (Å²) in [5.41, 5.74) is 0. The SMILES string of the molecule is CCCCCC(O)C=CC=CC=CC=C[C@@H](O)C(O)CCCC(=O)O. The lowest BCUT2D eigenvalue weighted by Gasteiger charge is -2.13. The minimum atomic E-state index is -1.01. The highest BCUT2D eigenvalue weighted by Crippen LogP contribution is 2.06. The number of aliphatic carboxylic acids is 1. The lowest BCUT2D eigenvalue weighted by Crippen LogP contribution is -2.23. The summed E-state index contributed by atoms with van der Waals surface area (Å²) < 4.78 is 0. The van der Waals surface area contributed by atoms with E-state index in [-0.39, 0.29) is 12.8 Å². The summed E-state index contributed by atoms with van der Waals surface area (Å²) in [6.07, 6.45) is 16.0. The van der Waals surface area contributed by atoms with Crippen LogP contribution in [0.4, 0.5) is 0 Å². The van der Waals surface area contributed by atoms with E-state index >= 15 is 0 Å². The standard InChI is InChI=1S/C20H32O5/c1-2-3-8-12-17(21)13-9-6-4-5-7-10-14-18(22)19(23)15-11-16-20(24)25/h4-7,9-10,13-14,17-19,21-23H,2-3,8,11-12,15-16H2,1H3,(H,24,25)/t17?,18-,19?/m1/s1. The Labute approximate surface area is 150 Å². The van der Waals surface area contributed by atoms with Gasteiger partial charge in [-0.1, -0.05) is 74.8 Å². The zero-order valence-electron chi connectivity index (χ0n) is 15.0. The second-order valence-electron chi connectivity index (χ2n) is 5.95. The van der Waals surface area contributed by atoms with Gasteiger partial charge in [-0.15, -0.1) is 0 Å². The van der Waals surface area contributed by atoms with E-state index < -0.39 is 24.3 Å². The highest BCUT2D eigenvalue weighted by Gasteiger charge is 2.12. The zero-order valence-corrected chi connectivity index (χ0v) is 15.0. The number of carboxylic acid groups (broad SMARTS) is 1. The minimum absolute atomic E-state index is 0.0149. The maximum atomic E-state index is 10.4. The van der Waals surface area contributed by atoms with Crippen LogP contribution in [0.2, 0.25) is 0 Å². The maximum Gasteiger partial charge on any atom is 0.303 e. The quantitative estimate of drug-likeness (QED) is 0.284. The van der Waals surface area contributed by atoms with Crippen LogP contribution in [-0.2, 0) is 4.79 Å². The van der Waals surface area contributed by atoms with Gasteiger partial charge in [-0.2, -0.15) is 0 Å². The minimum Gasteiger partial charge on any atom is -0.481 e. The number of carboxylic acids is 1. The Bertz CT molecular complexity index is 451. The first-order valence-corrected chi connectivity index (χ1v) is 8.91. The highest BCUT2D eigenvalue weighted by molar-refractivity contribution is 5.66. The second kappa shape index (κ2) is 15.8. The summed E-state index contributed by atoms with van der Waals surface area (Å²) in [4.78, 5) is 10.4. The summed E-state index contributed by atoms with van der Waals surface area (Å²) in [5.74, 6) is -0.908. The molecule has 0 saturated carbocycles. The fourth-order valence-electron chi connectivity index (χ4n) is 2.09. The van der Waals surface area contributed by atoms with Crippen LogP contribution in [0.15, 0.2) is 48.6 Å². The molecular formula is C20H32O5. The Hall–Kier alpha value is -1.69. The van der Waals surface area contributed by atoms with Crippen molar-refractivity contribution in [3.05, 3.63) is 48.6 Å². The predicted molar refractivity (Wildman–Crippen MR) is 100 cm³/mol. The first-order valence-electron chi connectivity index (χ1n) is 8.91. The van der Waals surface area contributed by atoms with Gasteiger partial charge < -0.3 is 20.4 Å². The van der Waals surface area contributed by atoms with Crippen molar-refractivity contribution in [1.29, 1.82) is 0 Å².